The number of hydrogen-bond acceptors (Lipinski definition) is 3. The second kappa shape index (κ2) is 10.5. The Morgan fingerprint density at radius 2 is 1.67 bits per heavy atom. The molecule has 1 aromatic carbocycles. The van der Waals surface area contributed by atoms with E-state index in [1.807, 2.05) is 18.2 Å². The van der Waals surface area contributed by atoms with Crippen LogP contribution in [0.3, 0.4) is 0 Å². The van der Waals surface area contributed by atoms with Gasteiger partial charge in [0.1, 0.15) is 5.69 Å². The molecule has 0 bridgehead atoms. The summed E-state index contributed by atoms with van der Waals surface area (Å²) in [4.78, 5) is 29.1. The van der Waals surface area contributed by atoms with E-state index < -0.39 is 0 Å². The summed E-state index contributed by atoms with van der Waals surface area (Å²) in [6, 6.07) is 9.24. The molecule has 2 rings (SSSR count). The molecule has 1 aromatic heterocycles. The first-order valence-corrected chi connectivity index (χ1v) is 9.77. The Labute approximate surface area is 161 Å². The smallest absolute Gasteiger partial charge is 0.269 e. The van der Waals surface area contributed by atoms with Crippen molar-refractivity contribution in [1.29, 1.82) is 0 Å². The lowest BCUT2D eigenvalue weighted by Gasteiger charge is -2.14. The number of nitrogens with zero attached hydrogens (tertiary/aromatic N) is 1. The normalized spacial score (nSPS) is 10.5. The minimum Gasteiger partial charge on any atom is -0.351 e. The van der Waals surface area contributed by atoms with Gasteiger partial charge in [0.25, 0.3) is 11.8 Å². The highest BCUT2D eigenvalue weighted by atomic mass is 16.2. The summed E-state index contributed by atoms with van der Waals surface area (Å²) >= 11 is 0. The van der Waals surface area contributed by atoms with Gasteiger partial charge in [-0.1, -0.05) is 51.8 Å². The first-order chi connectivity index (χ1) is 13.1. The Kier molecular flexibility index (Phi) is 7.99. The van der Waals surface area contributed by atoms with Crippen LogP contribution >= 0.6 is 0 Å². The Morgan fingerprint density at radius 3 is 2.30 bits per heavy atom. The van der Waals surface area contributed by atoms with Gasteiger partial charge >= 0.3 is 0 Å². The number of carbonyl (C=O) groups excluding carboxylic acids is 2. The predicted molar refractivity (Wildman–Crippen MR) is 109 cm³/mol. The van der Waals surface area contributed by atoms with Gasteiger partial charge in [0.2, 0.25) is 0 Å². The van der Waals surface area contributed by atoms with Crippen LogP contribution in [-0.2, 0) is 12.8 Å². The van der Waals surface area contributed by atoms with Crippen molar-refractivity contribution in [2.75, 3.05) is 11.9 Å². The monoisotopic (exact) mass is 367 g/mol. The topological polar surface area (TPSA) is 71.1 Å². The fourth-order valence-electron chi connectivity index (χ4n) is 2.95. The molecule has 27 heavy (non-hydrogen) atoms. The number of para-hydroxylation sites is 1. The van der Waals surface area contributed by atoms with E-state index in [9.17, 15) is 9.59 Å². The maximum absolute atomic E-state index is 12.8. The van der Waals surface area contributed by atoms with Crippen molar-refractivity contribution in [3.8, 4) is 0 Å². The van der Waals surface area contributed by atoms with Gasteiger partial charge < -0.3 is 10.6 Å². The summed E-state index contributed by atoms with van der Waals surface area (Å²) in [6.45, 7) is 6.87. The van der Waals surface area contributed by atoms with Gasteiger partial charge in [-0.3, -0.25) is 14.6 Å². The average molecular weight is 367 g/mol. The Hall–Kier alpha value is -2.69. The second-order valence-electron chi connectivity index (χ2n) is 6.51. The lowest BCUT2D eigenvalue weighted by molar-refractivity contribution is 0.0948. The zero-order valence-corrected chi connectivity index (χ0v) is 16.5. The first-order valence-electron chi connectivity index (χ1n) is 9.77. The third kappa shape index (κ3) is 5.64. The molecule has 0 spiro atoms. The molecule has 2 aromatic rings. The standard InChI is InChI=1S/C22H29N3O2/c1-4-7-8-13-24-22(27)19-15-18(12-14-23-19)21(26)25-20-16(5-2)10-9-11-17(20)6-3/h9-12,14-15H,4-8,13H2,1-3H3,(H,24,27)(H,25,26). The van der Waals surface area contributed by atoms with Crippen LogP contribution in [0.1, 0.15) is 72.0 Å². The zero-order chi connectivity index (χ0) is 19.6. The van der Waals surface area contributed by atoms with Crippen LogP contribution in [0.5, 0.6) is 0 Å². The molecular weight excluding hydrogens is 338 g/mol. The zero-order valence-electron chi connectivity index (χ0n) is 16.5. The minimum atomic E-state index is -0.246. The van der Waals surface area contributed by atoms with Crippen LogP contribution < -0.4 is 10.6 Å². The van der Waals surface area contributed by atoms with Crippen molar-refractivity contribution in [3.63, 3.8) is 0 Å². The van der Waals surface area contributed by atoms with E-state index in [1.54, 1.807) is 12.1 Å². The number of hydrogen-bond donors (Lipinski definition) is 2. The van der Waals surface area contributed by atoms with Crippen LogP contribution in [0.2, 0.25) is 0 Å². The molecule has 0 aliphatic heterocycles. The highest BCUT2D eigenvalue weighted by Gasteiger charge is 2.14. The van der Waals surface area contributed by atoms with Crippen molar-refractivity contribution in [1.82, 2.24) is 10.3 Å². The van der Waals surface area contributed by atoms with Crippen molar-refractivity contribution >= 4 is 17.5 Å². The summed E-state index contributed by atoms with van der Waals surface area (Å²) < 4.78 is 0. The number of unbranched alkanes of at least 4 members (excludes halogenated alkanes) is 2. The van der Waals surface area contributed by atoms with Gasteiger partial charge in [-0.2, -0.15) is 0 Å². The van der Waals surface area contributed by atoms with Gasteiger partial charge in [0.05, 0.1) is 0 Å². The summed E-state index contributed by atoms with van der Waals surface area (Å²) in [5.74, 6) is -0.475. The van der Waals surface area contributed by atoms with E-state index in [0.29, 0.717) is 12.1 Å². The number of pyridine rings is 1. The molecule has 0 aliphatic rings. The summed E-state index contributed by atoms with van der Waals surface area (Å²) in [6.07, 6.45) is 6.30. The third-order valence-electron chi connectivity index (χ3n) is 4.56. The van der Waals surface area contributed by atoms with Crippen LogP contribution in [0, 0.1) is 0 Å². The van der Waals surface area contributed by atoms with Crippen LogP contribution in [0.4, 0.5) is 5.69 Å². The molecule has 0 radical (unpaired) electrons. The molecule has 0 aliphatic carbocycles. The third-order valence-corrected chi connectivity index (χ3v) is 4.56. The summed E-state index contributed by atoms with van der Waals surface area (Å²) in [7, 11) is 0. The molecule has 0 atom stereocenters. The van der Waals surface area contributed by atoms with Crippen molar-refractivity contribution in [2.24, 2.45) is 0 Å². The highest BCUT2D eigenvalue weighted by molar-refractivity contribution is 6.06. The molecule has 5 nitrogen and oxygen atoms in total. The van der Waals surface area contributed by atoms with Gasteiger partial charge in [0, 0.05) is 24.0 Å². The van der Waals surface area contributed by atoms with E-state index >= 15 is 0 Å². The van der Waals surface area contributed by atoms with Gasteiger partial charge in [-0.05, 0) is 42.5 Å². The number of anilines is 1. The first kappa shape index (κ1) is 20.6. The van der Waals surface area contributed by atoms with E-state index in [-0.39, 0.29) is 17.5 Å². The highest BCUT2D eigenvalue weighted by Crippen LogP contribution is 2.23. The molecule has 0 fully saturated rings. The fraction of sp³-hybridized carbons (Fsp3) is 0.409. The Bertz CT molecular complexity index is 765. The molecule has 2 amide bonds. The molecule has 2 N–H and O–H groups in total. The Morgan fingerprint density at radius 1 is 0.963 bits per heavy atom. The number of amides is 2. The summed E-state index contributed by atoms with van der Waals surface area (Å²) in [5, 5.41) is 5.88. The number of rotatable bonds is 9. The number of aryl methyl sites for hydroxylation is 2. The van der Waals surface area contributed by atoms with Crippen molar-refractivity contribution in [2.45, 2.75) is 52.9 Å². The van der Waals surface area contributed by atoms with Gasteiger partial charge in [-0.15, -0.1) is 0 Å². The number of aromatic nitrogens is 1. The van der Waals surface area contributed by atoms with Crippen molar-refractivity contribution in [3.05, 3.63) is 58.9 Å². The molecule has 144 valence electrons. The largest absolute Gasteiger partial charge is 0.351 e. The van der Waals surface area contributed by atoms with E-state index in [1.165, 1.54) is 6.20 Å². The quantitative estimate of drug-likeness (QED) is 0.646. The summed E-state index contributed by atoms with van der Waals surface area (Å²) in [5.41, 5.74) is 3.77. The lowest BCUT2D eigenvalue weighted by atomic mass is 10.0. The van der Waals surface area contributed by atoms with Gasteiger partial charge in [0.15, 0.2) is 0 Å². The second-order valence-corrected chi connectivity index (χ2v) is 6.51. The Balaban J connectivity index is 2.13. The minimum absolute atomic E-state index is 0.229. The van der Waals surface area contributed by atoms with Gasteiger partial charge in [-0.25, -0.2) is 0 Å². The van der Waals surface area contributed by atoms with Crippen molar-refractivity contribution < 1.29 is 9.59 Å². The SMILES string of the molecule is CCCCCNC(=O)c1cc(C(=O)Nc2c(CC)cccc2CC)ccn1. The lowest BCUT2D eigenvalue weighted by Crippen LogP contribution is -2.26. The number of carbonyl (C=O) groups is 2. The molecule has 0 unspecified atom stereocenters. The average Bonchev–Trinajstić information content (AvgIpc) is 2.71. The van der Waals surface area contributed by atoms with Crippen LogP contribution in [-0.4, -0.2) is 23.3 Å². The molecule has 5 heteroatoms. The molecular formula is C22H29N3O2. The predicted octanol–water partition coefficient (Wildman–Crippen LogP) is 4.38. The van der Waals surface area contributed by atoms with Crippen LogP contribution in [0.25, 0.3) is 0 Å². The number of benzene rings is 1. The molecule has 0 saturated heterocycles. The maximum atomic E-state index is 12.8. The molecule has 0 saturated carbocycles. The fourth-order valence-corrected chi connectivity index (χ4v) is 2.95. The number of nitrogens with one attached hydrogen (secondary N) is 2. The van der Waals surface area contributed by atoms with E-state index in [0.717, 1.165) is 48.9 Å². The van der Waals surface area contributed by atoms with E-state index in [4.69, 9.17) is 0 Å². The molecule has 1 heterocycles. The van der Waals surface area contributed by atoms with Crippen LogP contribution in [0.15, 0.2) is 36.5 Å². The maximum Gasteiger partial charge on any atom is 0.269 e. The van der Waals surface area contributed by atoms with E-state index in [2.05, 4.69) is 36.4 Å².